The van der Waals surface area contributed by atoms with Crippen molar-refractivity contribution in [3.63, 3.8) is 0 Å². The lowest BCUT2D eigenvalue weighted by Crippen LogP contribution is -2.29. The van der Waals surface area contributed by atoms with E-state index in [9.17, 15) is 13.6 Å². The Morgan fingerprint density at radius 3 is 2.68 bits per heavy atom. The minimum absolute atomic E-state index is 0.0823. The Morgan fingerprint density at radius 2 is 2.05 bits per heavy atom. The third-order valence-electron chi connectivity index (χ3n) is 2.58. The van der Waals surface area contributed by atoms with Gasteiger partial charge in [-0.3, -0.25) is 4.79 Å². The summed E-state index contributed by atoms with van der Waals surface area (Å²) >= 11 is 0. The van der Waals surface area contributed by atoms with Gasteiger partial charge in [-0.05, 0) is 20.0 Å². The van der Waals surface area contributed by atoms with Crippen LogP contribution in [-0.4, -0.2) is 26.1 Å². The standard InChI is InChI=1S/C13H18F2N2O2/c1-9(17-12(18)7-8-16-2)10-5-3-4-6-11(10)19-13(14)15/h3-6,9,13,16H,7-8H2,1-2H3,(H,17,18). The number of hydrogen-bond donors (Lipinski definition) is 2. The Labute approximate surface area is 111 Å². The number of benzene rings is 1. The summed E-state index contributed by atoms with van der Waals surface area (Å²) in [6.07, 6.45) is 0.332. The smallest absolute Gasteiger partial charge is 0.387 e. The summed E-state index contributed by atoms with van der Waals surface area (Å²) in [5.41, 5.74) is 0.528. The largest absolute Gasteiger partial charge is 0.434 e. The summed E-state index contributed by atoms with van der Waals surface area (Å²) in [6.45, 7) is -0.591. The zero-order valence-corrected chi connectivity index (χ0v) is 11.0. The van der Waals surface area contributed by atoms with E-state index in [1.807, 2.05) is 0 Å². The van der Waals surface area contributed by atoms with Gasteiger partial charge >= 0.3 is 6.61 Å². The second kappa shape index (κ2) is 7.68. The molecule has 1 aromatic rings. The van der Waals surface area contributed by atoms with E-state index in [-0.39, 0.29) is 17.7 Å². The summed E-state index contributed by atoms with van der Waals surface area (Å²) in [4.78, 5) is 11.6. The van der Waals surface area contributed by atoms with Gasteiger partial charge in [0.25, 0.3) is 0 Å². The lowest BCUT2D eigenvalue weighted by atomic mass is 10.1. The summed E-state index contributed by atoms with van der Waals surface area (Å²) in [7, 11) is 1.75. The molecular weight excluding hydrogens is 254 g/mol. The number of rotatable bonds is 7. The number of para-hydroxylation sites is 1. The van der Waals surface area contributed by atoms with Crippen molar-refractivity contribution in [2.45, 2.75) is 26.0 Å². The van der Waals surface area contributed by atoms with Crippen molar-refractivity contribution in [1.29, 1.82) is 0 Å². The first-order valence-electron chi connectivity index (χ1n) is 6.02. The third-order valence-corrected chi connectivity index (χ3v) is 2.58. The molecule has 0 aromatic heterocycles. The molecule has 0 radical (unpaired) electrons. The molecule has 1 amide bonds. The van der Waals surface area contributed by atoms with Crippen LogP contribution in [-0.2, 0) is 4.79 Å². The van der Waals surface area contributed by atoms with E-state index in [2.05, 4.69) is 15.4 Å². The average Bonchev–Trinajstić information content (AvgIpc) is 2.36. The fourth-order valence-electron chi connectivity index (χ4n) is 1.67. The lowest BCUT2D eigenvalue weighted by molar-refractivity contribution is -0.121. The normalized spacial score (nSPS) is 12.3. The van der Waals surface area contributed by atoms with Gasteiger partial charge < -0.3 is 15.4 Å². The van der Waals surface area contributed by atoms with Crippen LogP contribution >= 0.6 is 0 Å². The number of alkyl halides is 2. The highest BCUT2D eigenvalue weighted by Crippen LogP contribution is 2.26. The van der Waals surface area contributed by atoms with Gasteiger partial charge in [-0.15, -0.1) is 0 Å². The molecule has 4 nitrogen and oxygen atoms in total. The molecule has 0 aliphatic carbocycles. The van der Waals surface area contributed by atoms with Gasteiger partial charge in [-0.2, -0.15) is 8.78 Å². The van der Waals surface area contributed by atoms with Gasteiger partial charge in [0.2, 0.25) is 5.91 Å². The van der Waals surface area contributed by atoms with E-state index in [4.69, 9.17) is 0 Å². The summed E-state index contributed by atoms with van der Waals surface area (Å²) in [5, 5.41) is 5.61. The quantitative estimate of drug-likeness (QED) is 0.799. The van der Waals surface area contributed by atoms with Gasteiger partial charge in [0.05, 0.1) is 6.04 Å². The fraction of sp³-hybridized carbons (Fsp3) is 0.462. The minimum Gasteiger partial charge on any atom is -0.434 e. The Bertz CT molecular complexity index is 413. The lowest BCUT2D eigenvalue weighted by Gasteiger charge is -2.18. The molecule has 0 spiro atoms. The topological polar surface area (TPSA) is 50.4 Å². The second-order valence-electron chi connectivity index (χ2n) is 4.06. The molecule has 6 heteroatoms. The molecule has 0 heterocycles. The van der Waals surface area contributed by atoms with Gasteiger partial charge in [0, 0.05) is 18.5 Å². The number of carbonyl (C=O) groups excluding carboxylic acids is 1. The van der Waals surface area contributed by atoms with E-state index >= 15 is 0 Å². The maximum absolute atomic E-state index is 12.3. The van der Waals surface area contributed by atoms with Gasteiger partial charge in [0.1, 0.15) is 5.75 Å². The number of hydrogen-bond acceptors (Lipinski definition) is 3. The Hall–Kier alpha value is -1.69. The molecule has 1 aromatic carbocycles. The minimum atomic E-state index is -2.88. The first kappa shape index (κ1) is 15.4. The molecule has 1 atom stereocenters. The van der Waals surface area contributed by atoms with Crippen molar-refractivity contribution in [1.82, 2.24) is 10.6 Å². The molecule has 0 fully saturated rings. The SMILES string of the molecule is CNCCC(=O)NC(C)c1ccccc1OC(F)F. The van der Waals surface area contributed by atoms with Gasteiger partial charge in [-0.25, -0.2) is 0 Å². The highest BCUT2D eigenvalue weighted by Gasteiger charge is 2.15. The van der Waals surface area contributed by atoms with E-state index < -0.39 is 6.61 Å². The molecule has 0 aliphatic heterocycles. The Kier molecular flexibility index (Phi) is 6.21. The van der Waals surface area contributed by atoms with Crippen molar-refractivity contribution in [2.75, 3.05) is 13.6 Å². The maximum atomic E-state index is 12.3. The number of carbonyl (C=O) groups is 1. The molecule has 2 N–H and O–H groups in total. The zero-order chi connectivity index (χ0) is 14.3. The van der Waals surface area contributed by atoms with Gasteiger partial charge in [-0.1, -0.05) is 18.2 Å². The number of amides is 1. The summed E-state index contributed by atoms with van der Waals surface area (Å²) < 4.78 is 29.0. The van der Waals surface area contributed by atoms with Crippen molar-refractivity contribution in [3.05, 3.63) is 29.8 Å². The molecule has 0 aliphatic rings. The van der Waals surface area contributed by atoms with Crippen LogP contribution in [0.25, 0.3) is 0 Å². The summed E-state index contributed by atoms with van der Waals surface area (Å²) in [6, 6.07) is 6.04. The van der Waals surface area contributed by atoms with Crippen LogP contribution in [0.2, 0.25) is 0 Å². The molecule has 1 unspecified atom stereocenters. The van der Waals surface area contributed by atoms with Crippen LogP contribution in [0.1, 0.15) is 24.9 Å². The van der Waals surface area contributed by atoms with Crippen LogP contribution in [0.4, 0.5) is 8.78 Å². The van der Waals surface area contributed by atoms with Crippen LogP contribution in [0.5, 0.6) is 5.75 Å². The average molecular weight is 272 g/mol. The molecule has 0 saturated heterocycles. The van der Waals surface area contributed by atoms with Crippen LogP contribution in [0, 0.1) is 0 Å². The van der Waals surface area contributed by atoms with Crippen LogP contribution in [0.3, 0.4) is 0 Å². The fourth-order valence-corrected chi connectivity index (χ4v) is 1.67. The molecular formula is C13H18F2N2O2. The van der Waals surface area contributed by atoms with Crippen LogP contribution < -0.4 is 15.4 Å². The number of halogens is 2. The van der Waals surface area contributed by atoms with Crippen molar-refractivity contribution < 1.29 is 18.3 Å². The molecule has 106 valence electrons. The first-order chi connectivity index (χ1) is 9.04. The second-order valence-corrected chi connectivity index (χ2v) is 4.06. The molecule has 1 rings (SSSR count). The predicted molar refractivity (Wildman–Crippen MR) is 68.2 cm³/mol. The zero-order valence-electron chi connectivity index (χ0n) is 11.0. The molecule has 19 heavy (non-hydrogen) atoms. The Morgan fingerprint density at radius 1 is 1.37 bits per heavy atom. The molecule has 0 saturated carbocycles. The van der Waals surface area contributed by atoms with E-state index in [1.54, 1.807) is 32.2 Å². The third kappa shape index (κ3) is 5.21. The number of ether oxygens (including phenoxy) is 1. The van der Waals surface area contributed by atoms with Crippen molar-refractivity contribution in [3.8, 4) is 5.75 Å². The van der Waals surface area contributed by atoms with Crippen molar-refractivity contribution in [2.24, 2.45) is 0 Å². The van der Waals surface area contributed by atoms with E-state index in [0.29, 0.717) is 18.5 Å². The Balaban J connectivity index is 2.70. The molecule has 0 bridgehead atoms. The van der Waals surface area contributed by atoms with Gasteiger partial charge in [0.15, 0.2) is 0 Å². The highest BCUT2D eigenvalue weighted by atomic mass is 19.3. The van der Waals surface area contributed by atoms with E-state index in [1.165, 1.54) is 6.07 Å². The summed E-state index contributed by atoms with van der Waals surface area (Å²) in [5.74, 6) is -0.0624. The number of nitrogens with one attached hydrogen (secondary N) is 2. The predicted octanol–water partition coefficient (Wildman–Crippen LogP) is 2.07. The van der Waals surface area contributed by atoms with E-state index in [0.717, 1.165) is 0 Å². The first-order valence-corrected chi connectivity index (χ1v) is 6.02. The maximum Gasteiger partial charge on any atom is 0.387 e. The van der Waals surface area contributed by atoms with Crippen LogP contribution in [0.15, 0.2) is 24.3 Å². The highest BCUT2D eigenvalue weighted by molar-refractivity contribution is 5.76. The van der Waals surface area contributed by atoms with Crippen molar-refractivity contribution >= 4 is 5.91 Å². The monoisotopic (exact) mass is 272 g/mol.